The number of nitrogens with one attached hydrogen (secondary N) is 1. The highest BCUT2D eigenvalue weighted by Crippen LogP contribution is 2.12. The van der Waals surface area contributed by atoms with E-state index in [-0.39, 0.29) is 25.2 Å². The van der Waals surface area contributed by atoms with E-state index in [2.05, 4.69) is 5.32 Å². The van der Waals surface area contributed by atoms with Crippen LogP contribution in [0.3, 0.4) is 0 Å². The lowest BCUT2D eigenvalue weighted by Gasteiger charge is -2.10. The van der Waals surface area contributed by atoms with Gasteiger partial charge in [0.15, 0.2) is 0 Å². The van der Waals surface area contributed by atoms with Crippen molar-refractivity contribution in [3.05, 3.63) is 29.8 Å². The first kappa shape index (κ1) is 15.3. The van der Waals surface area contributed by atoms with Crippen molar-refractivity contribution in [1.82, 2.24) is 5.32 Å². The maximum absolute atomic E-state index is 11.8. The Morgan fingerprint density at radius 3 is 2.71 bits per heavy atom. The lowest BCUT2D eigenvalue weighted by Crippen LogP contribution is -2.31. The van der Waals surface area contributed by atoms with Gasteiger partial charge < -0.3 is 19.5 Å². The summed E-state index contributed by atoms with van der Waals surface area (Å²) in [6, 6.07) is 6.63. The normalized spacial score (nSPS) is 17.3. The Kier molecular flexibility index (Phi) is 5.57. The molecular formula is C15H19NO5. The van der Waals surface area contributed by atoms with Crippen molar-refractivity contribution in [2.75, 3.05) is 26.9 Å². The van der Waals surface area contributed by atoms with Crippen LogP contribution < -0.4 is 10.1 Å². The number of hydrogen-bond donors (Lipinski definition) is 1. The Labute approximate surface area is 123 Å². The number of carbonyl (C=O) groups excluding carboxylic acids is 2. The number of ether oxygens (including phenoxy) is 3. The quantitative estimate of drug-likeness (QED) is 0.796. The zero-order valence-corrected chi connectivity index (χ0v) is 12.0. The first-order valence-electron chi connectivity index (χ1n) is 6.88. The number of hydrogen-bond acceptors (Lipinski definition) is 5. The van der Waals surface area contributed by atoms with E-state index in [1.54, 1.807) is 31.4 Å². The summed E-state index contributed by atoms with van der Waals surface area (Å²) in [4.78, 5) is 23.3. The molecule has 6 nitrogen and oxygen atoms in total. The molecule has 0 aromatic heterocycles. The summed E-state index contributed by atoms with van der Waals surface area (Å²) < 4.78 is 15.4. The van der Waals surface area contributed by atoms with Gasteiger partial charge >= 0.3 is 5.97 Å². The molecule has 2 rings (SSSR count). The fourth-order valence-corrected chi connectivity index (χ4v) is 2.01. The number of amides is 1. The second-order valence-electron chi connectivity index (χ2n) is 4.73. The summed E-state index contributed by atoms with van der Waals surface area (Å²) in [5.74, 6) is -0.124. The van der Waals surface area contributed by atoms with E-state index in [0.29, 0.717) is 11.3 Å². The molecule has 1 aliphatic heterocycles. The van der Waals surface area contributed by atoms with Crippen molar-refractivity contribution in [2.45, 2.75) is 18.9 Å². The van der Waals surface area contributed by atoms with Gasteiger partial charge in [-0.2, -0.15) is 0 Å². The third-order valence-corrected chi connectivity index (χ3v) is 3.20. The van der Waals surface area contributed by atoms with Gasteiger partial charge in [-0.1, -0.05) is 0 Å². The van der Waals surface area contributed by atoms with E-state index < -0.39 is 5.97 Å². The third kappa shape index (κ3) is 4.75. The molecule has 21 heavy (non-hydrogen) atoms. The van der Waals surface area contributed by atoms with Gasteiger partial charge in [-0.05, 0) is 37.1 Å². The molecule has 0 radical (unpaired) electrons. The van der Waals surface area contributed by atoms with Crippen LogP contribution in [0.25, 0.3) is 0 Å². The first-order valence-corrected chi connectivity index (χ1v) is 6.88. The molecule has 6 heteroatoms. The minimum Gasteiger partial charge on any atom is -0.497 e. The van der Waals surface area contributed by atoms with Gasteiger partial charge in [0.05, 0.1) is 13.2 Å². The summed E-state index contributed by atoms with van der Waals surface area (Å²) in [5.41, 5.74) is 0.461. The highest BCUT2D eigenvalue weighted by Gasteiger charge is 2.17. The van der Waals surface area contributed by atoms with E-state index >= 15 is 0 Å². The van der Waals surface area contributed by atoms with Gasteiger partial charge in [0, 0.05) is 12.2 Å². The van der Waals surface area contributed by atoms with Crippen LogP contribution in [0.5, 0.6) is 5.75 Å². The van der Waals surface area contributed by atoms with Gasteiger partial charge in [0.2, 0.25) is 0 Å². The minimum atomic E-state index is -0.465. The molecule has 114 valence electrons. The predicted molar refractivity (Wildman–Crippen MR) is 75.3 cm³/mol. The highest BCUT2D eigenvalue weighted by molar-refractivity contribution is 5.95. The summed E-state index contributed by atoms with van der Waals surface area (Å²) in [7, 11) is 1.55. The predicted octanol–water partition coefficient (Wildman–Crippen LogP) is 1.15. The van der Waals surface area contributed by atoms with E-state index in [1.807, 2.05) is 0 Å². The first-order chi connectivity index (χ1) is 10.2. The maximum Gasteiger partial charge on any atom is 0.325 e. The molecule has 0 saturated carbocycles. The second kappa shape index (κ2) is 7.64. The Bertz CT molecular complexity index is 479. The van der Waals surface area contributed by atoms with Crippen LogP contribution in [0.4, 0.5) is 0 Å². The van der Waals surface area contributed by atoms with Gasteiger partial charge in [-0.3, -0.25) is 9.59 Å². The second-order valence-corrected chi connectivity index (χ2v) is 4.73. The average Bonchev–Trinajstić information content (AvgIpc) is 3.04. The average molecular weight is 293 g/mol. The Morgan fingerprint density at radius 2 is 2.10 bits per heavy atom. The molecule has 1 amide bonds. The smallest absolute Gasteiger partial charge is 0.325 e. The van der Waals surface area contributed by atoms with Crippen LogP contribution in [0.15, 0.2) is 24.3 Å². The number of esters is 1. The summed E-state index contributed by atoms with van der Waals surface area (Å²) in [6.45, 7) is 0.811. The van der Waals surface area contributed by atoms with Gasteiger partial charge in [-0.25, -0.2) is 0 Å². The lowest BCUT2D eigenvalue weighted by molar-refractivity contribution is -0.145. The van der Waals surface area contributed by atoms with Crippen molar-refractivity contribution in [1.29, 1.82) is 0 Å². The molecule has 0 aliphatic carbocycles. The van der Waals surface area contributed by atoms with Crippen molar-refractivity contribution in [2.24, 2.45) is 0 Å². The van der Waals surface area contributed by atoms with E-state index in [1.165, 1.54) is 0 Å². The molecule has 1 atom stereocenters. The highest BCUT2D eigenvalue weighted by atomic mass is 16.6. The third-order valence-electron chi connectivity index (χ3n) is 3.20. The van der Waals surface area contributed by atoms with Crippen molar-refractivity contribution >= 4 is 11.9 Å². The lowest BCUT2D eigenvalue weighted by atomic mass is 10.2. The molecule has 1 N–H and O–H groups in total. The van der Waals surface area contributed by atoms with E-state index in [9.17, 15) is 9.59 Å². The zero-order valence-electron chi connectivity index (χ0n) is 12.0. The zero-order chi connectivity index (χ0) is 15.1. The van der Waals surface area contributed by atoms with Crippen LogP contribution >= 0.6 is 0 Å². The number of methoxy groups -OCH3 is 1. The largest absolute Gasteiger partial charge is 0.497 e. The SMILES string of the molecule is COc1ccc(C(=O)NCC(=O)OC[C@H]2CCCO2)cc1. The van der Waals surface area contributed by atoms with Gasteiger partial charge in [0.1, 0.15) is 18.9 Å². The Hall–Kier alpha value is -2.08. The molecule has 1 aromatic rings. The van der Waals surface area contributed by atoms with Crippen LogP contribution in [0.1, 0.15) is 23.2 Å². The summed E-state index contributed by atoms with van der Waals surface area (Å²) >= 11 is 0. The van der Waals surface area contributed by atoms with Crippen LogP contribution in [0.2, 0.25) is 0 Å². The van der Waals surface area contributed by atoms with E-state index in [0.717, 1.165) is 19.4 Å². The number of carbonyl (C=O) groups is 2. The minimum absolute atomic E-state index is 0.00811. The molecule has 0 unspecified atom stereocenters. The molecule has 1 heterocycles. The molecule has 1 saturated heterocycles. The van der Waals surface area contributed by atoms with Crippen molar-refractivity contribution < 1.29 is 23.8 Å². The van der Waals surface area contributed by atoms with Crippen LogP contribution in [0, 0.1) is 0 Å². The van der Waals surface area contributed by atoms with Crippen molar-refractivity contribution in [3.8, 4) is 5.75 Å². The van der Waals surface area contributed by atoms with Crippen LogP contribution in [-0.4, -0.2) is 44.8 Å². The molecule has 0 spiro atoms. The summed E-state index contributed by atoms with van der Waals surface area (Å²) in [6.07, 6.45) is 1.90. The molecule has 1 fully saturated rings. The molecule has 0 bridgehead atoms. The summed E-state index contributed by atoms with van der Waals surface area (Å²) in [5, 5.41) is 2.52. The number of benzene rings is 1. The maximum atomic E-state index is 11.8. The number of rotatable bonds is 6. The van der Waals surface area contributed by atoms with Gasteiger partial charge in [0.25, 0.3) is 5.91 Å². The fraction of sp³-hybridized carbons (Fsp3) is 0.467. The monoisotopic (exact) mass is 293 g/mol. The standard InChI is InChI=1S/C15H19NO5/c1-19-12-6-4-11(5-7-12)15(18)16-9-14(17)21-10-13-3-2-8-20-13/h4-7,13H,2-3,8-10H2,1H3,(H,16,18)/t13-/m1/s1. The topological polar surface area (TPSA) is 73.9 Å². The fourth-order valence-electron chi connectivity index (χ4n) is 2.01. The van der Waals surface area contributed by atoms with Gasteiger partial charge in [-0.15, -0.1) is 0 Å². The van der Waals surface area contributed by atoms with Crippen molar-refractivity contribution in [3.63, 3.8) is 0 Å². The van der Waals surface area contributed by atoms with Crippen LogP contribution in [-0.2, 0) is 14.3 Å². The molecule has 1 aliphatic rings. The van der Waals surface area contributed by atoms with E-state index in [4.69, 9.17) is 14.2 Å². The Balaban J connectivity index is 1.70. The molecule has 1 aromatic carbocycles. The molecular weight excluding hydrogens is 274 g/mol. The Morgan fingerprint density at radius 1 is 1.33 bits per heavy atom.